The fraction of sp³-hybridized carbons (Fsp3) is 0.818. The van der Waals surface area contributed by atoms with Crippen LogP contribution in [0.5, 0.6) is 0 Å². The Morgan fingerprint density at radius 2 is 2.06 bits per heavy atom. The molecule has 2 unspecified atom stereocenters. The minimum Gasteiger partial charge on any atom is -0.382 e. The lowest BCUT2D eigenvalue weighted by atomic mass is 10.3. The van der Waals surface area contributed by atoms with Crippen LogP contribution in [0.15, 0.2) is 0 Å². The van der Waals surface area contributed by atoms with E-state index in [9.17, 15) is 9.59 Å². The van der Waals surface area contributed by atoms with Crippen LogP contribution in [-0.4, -0.2) is 38.7 Å². The molecular weight excluding hydrogens is 224 g/mol. The maximum absolute atomic E-state index is 11.4. The Kier molecular flexibility index (Phi) is 5.93. The molecule has 0 aromatic heterocycles. The van der Waals surface area contributed by atoms with Gasteiger partial charge in [-0.25, -0.2) is 5.48 Å². The van der Waals surface area contributed by atoms with E-state index < -0.39 is 0 Å². The first kappa shape index (κ1) is 13.9. The summed E-state index contributed by atoms with van der Waals surface area (Å²) in [6, 6.07) is 0. The zero-order valence-electron chi connectivity index (χ0n) is 10.3. The number of hydroxylamine groups is 1. The lowest BCUT2D eigenvalue weighted by molar-refractivity contribution is -0.134. The van der Waals surface area contributed by atoms with E-state index in [2.05, 4.69) is 10.8 Å². The summed E-state index contributed by atoms with van der Waals surface area (Å²) in [5, 5.41) is 2.73. The number of ether oxygens (including phenoxy) is 1. The van der Waals surface area contributed by atoms with E-state index in [-0.39, 0.29) is 24.2 Å². The monoisotopic (exact) mass is 244 g/mol. The Bertz CT molecular complexity index is 270. The third kappa shape index (κ3) is 5.65. The number of nitrogens with one attached hydrogen (secondary N) is 2. The molecule has 0 saturated heterocycles. The average molecular weight is 244 g/mol. The summed E-state index contributed by atoms with van der Waals surface area (Å²) in [5.41, 5.74) is 2.27. The predicted octanol–water partition coefficient (Wildman–Crippen LogP) is -0.157. The van der Waals surface area contributed by atoms with Gasteiger partial charge in [0.15, 0.2) is 0 Å². The molecule has 2 N–H and O–H groups in total. The third-order valence-electron chi connectivity index (χ3n) is 2.67. The van der Waals surface area contributed by atoms with Crippen LogP contribution in [0.25, 0.3) is 0 Å². The molecular formula is C11H20N2O4. The molecule has 1 saturated carbocycles. The molecule has 0 bridgehead atoms. The maximum atomic E-state index is 11.4. The SMILES string of the molecule is COCCONC(=O)CCNC(=O)C1CC1C. The highest BCUT2D eigenvalue weighted by Gasteiger charge is 2.38. The van der Waals surface area contributed by atoms with Crippen molar-refractivity contribution in [2.75, 3.05) is 26.9 Å². The van der Waals surface area contributed by atoms with Crippen molar-refractivity contribution in [2.45, 2.75) is 19.8 Å². The number of hydrogen-bond donors (Lipinski definition) is 2. The van der Waals surface area contributed by atoms with Crippen LogP contribution in [0.2, 0.25) is 0 Å². The van der Waals surface area contributed by atoms with Gasteiger partial charge in [-0.1, -0.05) is 6.92 Å². The van der Waals surface area contributed by atoms with Crippen molar-refractivity contribution in [3.63, 3.8) is 0 Å². The van der Waals surface area contributed by atoms with Crippen LogP contribution in [0, 0.1) is 11.8 Å². The standard InChI is InChI=1S/C11H20N2O4/c1-8-7-9(8)11(15)12-4-3-10(14)13-17-6-5-16-2/h8-9H,3-7H2,1-2H3,(H,12,15)(H,13,14). The lowest BCUT2D eigenvalue weighted by Crippen LogP contribution is -2.32. The van der Waals surface area contributed by atoms with Gasteiger partial charge < -0.3 is 10.1 Å². The minimum absolute atomic E-state index is 0.0469. The molecule has 0 aliphatic heterocycles. The molecule has 0 heterocycles. The first-order valence-corrected chi connectivity index (χ1v) is 5.82. The molecule has 6 heteroatoms. The molecule has 1 aliphatic carbocycles. The van der Waals surface area contributed by atoms with Gasteiger partial charge in [0, 0.05) is 26.0 Å². The normalized spacial score (nSPS) is 22.0. The Labute approximate surface area is 101 Å². The van der Waals surface area contributed by atoms with Crippen molar-refractivity contribution in [1.29, 1.82) is 0 Å². The number of methoxy groups -OCH3 is 1. The summed E-state index contributed by atoms with van der Waals surface area (Å²) in [5.74, 6) is 0.438. The molecule has 1 rings (SSSR count). The largest absolute Gasteiger partial charge is 0.382 e. The summed E-state index contributed by atoms with van der Waals surface area (Å²) >= 11 is 0. The van der Waals surface area contributed by atoms with Gasteiger partial charge in [-0.05, 0) is 12.3 Å². The summed E-state index contributed by atoms with van der Waals surface area (Å²) in [4.78, 5) is 27.4. The van der Waals surface area contributed by atoms with Gasteiger partial charge in [-0.2, -0.15) is 0 Å². The second-order valence-corrected chi connectivity index (χ2v) is 4.23. The lowest BCUT2D eigenvalue weighted by Gasteiger charge is -2.06. The minimum atomic E-state index is -0.245. The third-order valence-corrected chi connectivity index (χ3v) is 2.67. The molecule has 2 atom stereocenters. The molecule has 17 heavy (non-hydrogen) atoms. The van der Waals surface area contributed by atoms with Crippen molar-refractivity contribution in [1.82, 2.24) is 10.8 Å². The van der Waals surface area contributed by atoms with E-state index in [1.807, 2.05) is 6.92 Å². The summed E-state index contributed by atoms with van der Waals surface area (Å²) in [7, 11) is 1.56. The van der Waals surface area contributed by atoms with Crippen molar-refractivity contribution in [2.24, 2.45) is 11.8 Å². The van der Waals surface area contributed by atoms with E-state index in [0.717, 1.165) is 6.42 Å². The molecule has 1 aliphatic rings. The number of carbonyl (C=O) groups is 2. The molecule has 1 fully saturated rings. The van der Waals surface area contributed by atoms with E-state index in [0.29, 0.717) is 25.7 Å². The van der Waals surface area contributed by atoms with Crippen molar-refractivity contribution >= 4 is 11.8 Å². The fourth-order valence-electron chi connectivity index (χ4n) is 1.43. The van der Waals surface area contributed by atoms with E-state index in [1.165, 1.54) is 0 Å². The zero-order valence-corrected chi connectivity index (χ0v) is 10.3. The Morgan fingerprint density at radius 3 is 2.65 bits per heavy atom. The van der Waals surface area contributed by atoms with Crippen LogP contribution in [-0.2, 0) is 19.2 Å². The van der Waals surface area contributed by atoms with Gasteiger partial charge in [0.05, 0.1) is 13.2 Å². The zero-order chi connectivity index (χ0) is 12.7. The highest BCUT2D eigenvalue weighted by molar-refractivity contribution is 5.82. The van der Waals surface area contributed by atoms with Crippen LogP contribution < -0.4 is 10.8 Å². The Balaban J connectivity index is 1.94. The number of carbonyl (C=O) groups excluding carboxylic acids is 2. The first-order chi connectivity index (χ1) is 8.15. The first-order valence-electron chi connectivity index (χ1n) is 5.82. The Morgan fingerprint density at radius 1 is 1.35 bits per heavy atom. The van der Waals surface area contributed by atoms with Crippen molar-refractivity contribution < 1.29 is 19.2 Å². The second-order valence-electron chi connectivity index (χ2n) is 4.23. The molecule has 0 aromatic rings. The fourth-order valence-corrected chi connectivity index (χ4v) is 1.43. The predicted molar refractivity (Wildman–Crippen MR) is 60.9 cm³/mol. The number of amides is 2. The Hall–Kier alpha value is -1.14. The highest BCUT2D eigenvalue weighted by Crippen LogP contribution is 2.37. The maximum Gasteiger partial charge on any atom is 0.245 e. The molecule has 6 nitrogen and oxygen atoms in total. The molecule has 0 radical (unpaired) electrons. The van der Waals surface area contributed by atoms with Crippen LogP contribution in [0.4, 0.5) is 0 Å². The van der Waals surface area contributed by atoms with Gasteiger partial charge in [-0.15, -0.1) is 0 Å². The topological polar surface area (TPSA) is 76.7 Å². The molecule has 2 amide bonds. The number of hydrogen-bond acceptors (Lipinski definition) is 4. The van der Waals surface area contributed by atoms with E-state index in [4.69, 9.17) is 9.57 Å². The van der Waals surface area contributed by atoms with Crippen molar-refractivity contribution in [3.8, 4) is 0 Å². The van der Waals surface area contributed by atoms with Gasteiger partial charge in [0.1, 0.15) is 0 Å². The van der Waals surface area contributed by atoms with E-state index in [1.54, 1.807) is 7.11 Å². The van der Waals surface area contributed by atoms with Crippen LogP contribution >= 0.6 is 0 Å². The summed E-state index contributed by atoms with van der Waals surface area (Å²) in [6.07, 6.45) is 1.18. The van der Waals surface area contributed by atoms with Gasteiger partial charge in [0.25, 0.3) is 0 Å². The van der Waals surface area contributed by atoms with Gasteiger partial charge in [-0.3, -0.25) is 14.4 Å². The molecule has 98 valence electrons. The van der Waals surface area contributed by atoms with E-state index >= 15 is 0 Å². The highest BCUT2D eigenvalue weighted by atomic mass is 16.7. The second kappa shape index (κ2) is 7.24. The van der Waals surface area contributed by atoms with Gasteiger partial charge in [0.2, 0.25) is 11.8 Å². The average Bonchev–Trinajstić information content (AvgIpc) is 3.02. The van der Waals surface area contributed by atoms with Crippen molar-refractivity contribution in [3.05, 3.63) is 0 Å². The summed E-state index contributed by atoms with van der Waals surface area (Å²) < 4.78 is 4.75. The van der Waals surface area contributed by atoms with Crippen LogP contribution in [0.3, 0.4) is 0 Å². The summed E-state index contributed by atoms with van der Waals surface area (Å²) in [6.45, 7) is 3.13. The smallest absolute Gasteiger partial charge is 0.245 e. The number of rotatable bonds is 8. The molecule has 0 aromatic carbocycles. The quantitative estimate of drug-likeness (QED) is 0.459. The van der Waals surface area contributed by atoms with Gasteiger partial charge >= 0.3 is 0 Å². The molecule has 0 spiro atoms. The van der Waals surface area contributed by atoms with Crippen LogP contribution in [0.1, 0.15) is 19.8 Å².